The van der Waals surface area contributed by atoms with Gasteiger partial charge in [0.25, 0.3) is 0 Å². The summed E-state index contributed by atoms with van der Waals surface area (Å²) in [5, 5.41) is 0. The molecule has 92 valence electrons. The van der Waals surface area contributed by atoms with Crippen LogP contribution in [0, 0.1) is 0 Å². The lowest BCUT2D eigenvalue weighted by molar-refractivity contribution is -0.128. The number of amides is 1. The second-order valence-electron chi connectivity index (χ2n) is 4.38. The maximum Gasteiger partial charge on any atom is 0.242 e. The third kappa shape index (κ3) is 2.67. The van der Waals surface area contributed by atoms with Gasteiger partial charge < -0.3 is 15.5 Å². The Labute approximate surface area is 101 Å². The smallest absolute Gasteiger partial charge is 0.242 e. The van der Waals surface area contributed by atoms with E-state index in [4.69, 9.17) is 5.73 Å². The molecule has 0 saturated carbocycles. The van der Waals surface area contributed by atoms with E-state index in [-0.39, 0.29) is 5.91 Å². The number of hydrogen-bond donors (Lipinski definition) is 1. The van der Waals surface area contributed by atoms with Crippen molar-refractivity contribution in [3.05, 3.63) is 18.5 Å². The summed E-state index contributed by atoms with van der Waals surface area (Å²) >= 11 is 0. The summed E-state index contributed by atoms with van der Waals surface area (Å²) in [5.74, 6) is 0.168. The predicted octanol–water partition coefficient (Wildman–Crippen LogP) is 0.722. The van der Waals surface area contributed by atoms with Crippen LogP contribution < -0.4 is 10.6 Å². The molecule has 2 N–H and O–H groups in total. The van der Waals surface area contributed by atoms with Crippen LogP contribution in [0.1, 0.15) is 12.8 Å². The van der Waals surface area contributed by atoms with Crippen molar-refractivity contribution in [3.63, 3.8) is 0 Å². The topological polar surface area (TPSA) is 62.5 Å². The predicted molar refractivity (Wildman–Crippen MR) is 67.7 cm³/mol. The van der Waals surface area contributed by atoms with Crippen LogP contribution in [0.4, 0.5) is 11.4 Å². The molecule has 0 aromatic carbocycles. The molecule has 2 heterocycles. The molecule has 17 heavy (non-hydrogen) atoms. The van der Waals surface area contributed by atoms with Gasteiger partial charge in [-0.15, -0.1) is 0 Å². The van der Waals surface area contributed by atoms with Crippen LogP contribution in [0.25, 0.3) is 0 Å². The quantitative estimate of drug-likeness (QED) is 0.837. The summed E-state index contributed by atoms with van der Waals surface area (Å²) in [6.45, 7) is 2.14. The number of rotatable bonds is 3. The number of likely N-dealkylation sites (tertiary alicyclic amines) is 1. The minimum Gasteiger partial charge on any atom is -0.396 e. The second-order valence-corrected chi connectivity index (χ2v) is 4.38. The summed E-state index contributed by atoms with van der Waals surface area (Å²) < 4.78 is 0. The average molecular weight is 234 g/mol. The van der Waals surface area contributed by atoms with Crippen molar-refractivity contribution >= 4 is 17.3 Å². The number of anilines is 2. The zero-order chi connectivity index (χ0) is 12.3. The summed E-state index contributed by atoms with van der Waals surface area (Å²) in [6, 6.07) is 1.83. The number of carbonyl (C=O) groups is 1. The van der Waals surface area contributed by atoms with Crippen LogP contribution in [0.15, 0.2) is 18.5 Å². The third-order valence-corrected chi connectivity index (χ3v) is 3.07. The molecule has 1 amide bonds. The minimum absolute atomic E-state index is 0.168. The van der Waals surface area contributed by atoms with E-state index in [0.717, 1.165) is 31.6 Å². The molecule has 5 heteroatoms. The molecule has 5 nitrogen and oxygen atoms in total. The molecule has 0 bridgehead atoms. The van der Waals surface area contributed by atoms with Gasteiger partial charge in [-0.2, -0.15) is 0 Å². The Kier molecular flexibility index (Phi) is 3.46. The molecule has 2 rings (SSSR count). The summed E-state index contributed by atoms with van der Waals surface area (Å²) in [4.78, 5) is 19.7. The Morgan fingerprint density at radius 1 is 1.53 bits per heavy atom. The fourth-order valence-corrected chi connectivity index (χ4v) is 2.10. The van der Waals surface area contributed by atoms with Crippen molar-refractivity contribution in [2.45, 2.75) is 12.8 Å². The average Bonchev–Trinajstić information content (AvgIpc) is 2.82. The Bertz CT molecular complexity index is 401. The number of carbonyl (C=O) groups excluding carboxylic acids is 1. The summed E-state index contributed by atoms with van der Waals surface area (Å²) in [5.41, 5.74) is 7.28. The van der Waals surface area contributed by atoms with E-state index < -0.39 is 0 Å². The second kappa shape index (κ2) is 5.03. The van der Waals surface area contributed by atoms with Crippen LogP contribution in [-0.2, 0) is 4.79 Å². The molecule has 1 aromatic rings. The largest absolute Gasteiger partial charge is 0.396 e. The Balaban J connectivity index is 1.99. The van der Waals surface area contributed by atoms with E-state index in [9.17, 15) is 4.79 Å². The molecule has 0 unspecified atom stereocenters. The maximum absolute atomic E-state index is 12.0. The summed E-state index contributed by atoms with van der Waals surface area (Å²) in [6.07, 6.45) is 5.52. The van der Waals surface area contributed by atoms with E-state index in [1.54, 1.807) is 12.4 Å². The van der Waals surface area contributed by atoms with E-state index in [1.807, 2.05) is 22.9 Å². The molecule has 1 aromatic heterocycles. The molecule has 0 aliphatic carbocycles. The van der Waals surface area contributed by atoms with Crippen LogP contribution >= 0.6 is 0 Å². The van der Waals surface area contributed by atoms with Gasteiger partial charge in [0.2, 0.25) is 5.91 Å². The number of hydrogen-bond acceptors (Lipinski definition) is 4. The van der Waals surface area contributed by atoms with E-state index >= 15 is 0 Å². The SMILES string of the molecule is CN(CC(=O)N1CCCC1)c1ccncc1N. The molecule has 0 radical (unpaired) electrons. The number of aromatic nitrogens is 1. The lowest BCUT2D eigenvalue weighted by Gasteiger charge is -2.23. The summed E-state index contributed by atoms with van der Waals surface area (Å²) in [7, 11) is 1.87. The molecule has 1 aliphatic rings. The van der Waals surface area contributed by atoms with Gasteiger partial charge in [0.15, 0.2) is 0 Å². The zero-order valence-corrected chi connectivity index (χ0v) is 10.1. The number of nitrogen functional groups attached to an aromatic ring is 1. The molecule has 1 fully saturated rings. The molecule has 1 saturated heterocycles. The van der Waals surface area contributed by atoms with Crippen molar-refractivity contribution in [3.8, 4) is 0 Å². The highest BCUT2D eigenvalue weighted by atomic mass is 16.2. The normalized spacial score (nSPS) is 15.0. The highest BCUT2D eigenvalue weighted by molar-refractivity contribution is 5.83. The van der Waals surface area contributed by atoms with Crippen LogP contribution in [0.5, 0.6) is 0 Å². The first-order valence-corrected chi connectivity index (χ1v) is 5.87. The Morgan fingerprint density at radius 3 is 2.88 bits per heavy atom. The first-order chi connectivity index (χ1) is 8.18. The monoisotopic (exact) mass is 234 g/mol. The number of nitrogens with two attached hydrogens (primary N) is 1. The molecule has 0 spiro atoms. The van der Waals surface area contributed by atoms with Crippen molar-refractivity contribution in [1.82, 2.24) is 9.88 Å². The van der Waals surface area contributed by atoms with Gasteiger partial charge >= 0.3 is 0 Å². The van der Waals surface area contributed by atoms with Gasteiger partial charge in [0.05, 0.1) is 24.1 Å². The van der Waals surface area contributed by atoms with Gasteiger partial charge in [0, 0.05) is 26.3 Å². The van der Waals surface area contributed by atoms with Crippen molar-refractivity contribution < 1.29 is 4.79 Å². The van der Waals surface area contributed by atoms with Gasteiger partial charge in [-0.25, -0.2) is 0 Å². The van der Waals surface area contributed by atoms with Crippen molar-refractivity contribution in [1.29, 1.82) is 0 Å². The molecular formula is C12H18N4O. The van der Waals surface area contributed by atoms with E-state index in [0.29, 0.717) is 12.2 Å². The van der Waals surface area contributed by atoms with Gasteiger partial charge in [-0.05, 0) is 18.9 Å². The zero-order valence-electron chi connectivity index (χ0n) is 10.1. The standard InChI is InChI=1S/C12H18N4O/c1-15(11-4-5-14-8-10(11)13)9-12(17)16-6-2-3-7-16/h4-5,8H,2-3,6-7,9,13H2,1H3. The third-order valence-electron chi connectivity index (χ3n) is 3.07. The lowest BCUT2D eigenvalue weighted by Crippen LogP contribution is -2.37. The van der Waals surface area contributed by atoms with E-state index in [1.165, 1.54) is 0 Å². The first-order valence-electron chi connectivity index (χ1n) is 5.87. The highest BCUT2D eigenvalue weighted by Gasteiger charge is 2.19. The number of nitrogens with zero attached hydrogens (tertiary/aromatic N) is 3. The maximum atomic E-state index is 12.0. The molecule has 0 atom stereocenters. The lowest BCUT2D eigenvalue weighted by atomic mass is 10.3. The van der Waals surface area contributed by atoms with Crippen molar-refractivity contribution in [2.24, 2.45) is 0 Å². The molecular weight excluding hydrogens is 216 g/mol. The Morgan fingerprint density at radius 2 is 2.24 bits per heavy atom. The number of pyridine rings is 1. The van der Waals surface area contributed by atoms with Crippen LogP contribution in [-0.4, -0.2) is 42.5 Å². The first kappa shape index (κ1) is 11.7. The number of likely N-dealkylation sites (N-methyl/N-ethyl adjacent to an activating group) is 1. The fraction of sp³-hybridized carbons (Fsp3) is 0.500. The molecule has 1 aliphatic heterocycles. The van der Waals surface area contributed by atoms with Crippen molar-refractivity contribution in [2.75, 3.05) is 37.3 Å². The van der Waals surface area contributed by atoms with Crippen LogP contribution in [0.3, 0.4) is 0 Å². The van der Waals surface area contributed by atoms with Gasteiger partial charge in [-0.1, -0.05) is 0 Å². The Hall–Kier alpha value is -1.78. The fourth-order valence-electron chi connectivity index (χ4n) is 2.10. The van der Waals surface area contributed by atoms with Gasteiger partial charge in [-0.3, -0.25) is 9.78 Å². The van der Waals surface area contributed by atoms with Gasteiger partial charge in [0.1, 0.15) is 0 Å². The highest BCUT2D eigenvalue weighted by Crippen LogP contribution is 2.20. The minimum atomic E-state index is 0.168. The van der Waals surface area contributed by atoms with Crippen LogP contribution in [0.2, 0.25) is 0 Å². The van der Waals surface area contributed by atoms with E-state index in [2.05, 4.69) is 4.98 Å².